The first-order valence-electron chi connectivity index (χ1n) is 29.9. The minimum Gasteiger partial charge on any atom is -0.460 e. The Hall–Kier alpha value is -3.29. The van der Waals surface area contributed by atoms with Crippen molar-refractivity contribution in [2.24, 2.45) is 23.7 Å². The lowest BCUT2D eigenvalue weighted by Gasteiger charge is -2.49. The first kappa shape index (κ1) is 67.8. The van der Waals surface area contributed by atoms with E-state index in [0.29, 0.717) is 31.6 Å². The second-order valence-corrected chi connectivity index (χ2v) is 26.3. The lowest BCUT2D eigenvalue weighted by Crippen LogP contribution is -2.61. The van der Waals surface area contributed by atoms with Gasteiger partial charge in [-0.1, -0.05) is 56.7 Å². The number of cyclic esters (lactones) is 1. The average molecular weight is 1160 g/mol. The number of aliphatic hydroxyl groups is 5. The molecule has 0 radical (unpaired) electrons. The number of aromatic nitrogens is 3. The van der Waals surface area contributed by atoms with E-state index in [0.717, 1.165) is 30.4 Å². The van der Waals surface area contributed by atoms with Gasteiger partial charge in [-0.25, -0.2) is 9.07 Å². The Bertz CT molecular complexity index is 2340. The van der Waals surface area contributed by atoms with Gasteiger partial charge in [0.05, 0.1) is 53.1 Å². The van der Waals surface area contributed by atoms with Crippen LogP contribution in [-0.4, -0.2) is 206 Å². The number of likely N-dealkylation sites (N-methyl/N-ethyl adjacent to an activating group) is 2. The molecule has 3 saturated heterocycles. The first-order valence-corrected chi connectivity index (χ1v) is 29.9. The van der Waals surface area contributed by atoms with Crippen LogP contribution in [0.5, 0.6) is 0 Å². The maximum atomic E-state index is 15.1. The van der Waals surface area contributed by atoms with Crippen LogP contribution in [0.1, 0.15) is 170 Å². The fourth-order valence-corrected chi connectivity index (χ4v) is 13.5. The summed E-state index contributed by atoms with van der Waals surface area (Å²) in [4.78, 5) is 31.6. The van der Waals surface area contributed by atoms with E-state index in [9.17, 15) is 35.1 Å². The maximum Gasteiger partial charge on any atom is 0.311 e. The van der Waals surface area contributed by atoms with Crippen molar-refractivity contribution in [2.45, 2.75) is 255 Å². The van der Waals surface area contributed by atoms with Crippen LogP contribution < -0.4 is 0 Å². The summed E-state index contributed by atoms with van der Waals surface area (Å²) in [6.07, 6.45) is -5.62. The van der Waals surface area contributed by atoms with Crippen molar-refractivity contribution in [2.75, 3.05) is 48.1 Å². The molecule has 2 aromatic rings. The number of carbonyl (C=O) groups is 2. The molecule has 4 fully saturated rings. The predicted octanol–water partition coefficient (Wildman–Crippen LogP) is 6.23. The SMILES string of the molecule is CC[C@H]1OC(=O)[C@H](C)[C@@H](O[C@H]2C[C@@](C)(OC)[C@@H](O)[C@H](C)O2)[C@H](C)[C@@H](O[C@@H]2O[C@H](C)C[C@H](N(C)CCc3cn([C@H](CF)[C@H](OC)c4ccc([C@H]5CCCC5C(=O)OC(C)(C)C)cc4)nn3)[C@H]2O)[C@](C)(O)C[C@@H](C)CN(C)[C@H](C)[C@@H](O)[C@]1(C)O. The van der Waals surface area contributed by atoms with E-state index in [-0.39, 0.29) is 43.0 Å². The molecule has 0 bridgehead atoms. The smallest absolute Gasteiger partial charge is 0.311 e. The van der Waals surface area contributed by atoms with Crippen molar-refractivity contribution in [3.05, 3.63) is 47.3 Å². The van der Waals surface area contributed by atoms with Gasteiger partial charge in [-0.05, 0) is 138 Å². The molecule has 1 aliphatic carbocycles. The van der Waals surface area contributed by atoms with Crippen LogP contribution >= 0.6 is 0 Å². The number of halogens is 1. The van der Waals surface area contributed by atoms with Gasteiger partial charge in [0.2, 0.25) is 0 Å². The molecular weight excluding hydrogens is 1060 g/mol. The van der Waals surface area contributed by atoms with Crippen LogP contribution in [-0.2, 0) is 53.9 Å². The number of hydrogen-bond donors (Lipinski definition) is 5. The van der Waals surface area contributed by atoms with Crippen LogP contribution in [0.15, 0.2) is 30.5 Å². The third-order valence-corrected chi connectivity index (χ3v) is 18.4. The van der Waals surface area contributed by atoms with Gasteiger partial charge in [0.25, 0.3) is 0 Å². The molecule has 1 unspecified atom stereocenters. The number of nitrogens with zero attached hydrogens (tertiary/aromatic N) is 5. The van der Waals surface area contributed by atoms with Crippen LogP contribution in [0.3, 0.4) is 0 Å². The molecule has 1 aromatic heterocycles. The number of aliphatic hydroxyl groups excluding tert-OH is 3. The summed E-state index contributed by atoms with van der Waals surface area (Å²) in [6.45, 7) is 23.1. The van der Waals surface area contributed by atoms with Crippen LogP contribution in [0.25, 0.3) is 0 Å². The molecule has 0 spiro atoms. The Morgan fingerprint density at radius 1 is 0.963 bits per heavy atom. The number of alkyl halides is 1. The van der Waals surface area contributed by atoms with Gasteiger partial charge in [-0.2, -0.15) is 0 Å². The minimum absolute atomic E-state index is 0.0269. The fourth-order valence-electron chi connectivity index (χ4n) is 13.5. The molecule has 82 heavy (non-hydrogen) atoms. The van der Waals surface area contributed by atoms with E-state index in [1.54, 1.807) is 54.7 Å². The van der Waals surface area contributed by atoms with E-state index in [1.807, 2.05) is 82.8 Å². The van der Waals surface area contributed by atoms with Gasteiger partial charge in [-0.3, -0.25) is 9.59 Å². The van der Waals surface area contributed by atoms with E-state index < -0.39 is 133 Å². The van der Waals surface area contributed by atoms with Crippen molar-refractivity contribution >= 4 is 11.9 Å². The summed E-state index contributed by atoms with van der Waals surface area (Å²) in [5.41, 5.74) is -2.82. The lowest BCUT2D eigenvalue weighted by molar-refractivity contribution is -0.318. The largest absolute Gasteiger partial charge is 0.460 e. The third-order valence-electron chi connectivity index (χ3n) is 18.4. The summed E-state index contributed by atoms with van der Waals surface area (Å²) in [7, 11) is 6.74. The average Bonchev–Trinajstić information content (AvgIpc) is 4.22. The zero-order chi connectivity index (χ0) is 61.0. The zero-order valence-electron chi connectivity index (χ0n) is 52.1. The molecular formula is C61H102FN5O15. The van der Waals surface area contributed by atoms with Crippen LogP contribution in [0, 0.1) is 23.7 Å². The second-order valence-electron chi connectivity index (χ2n) is 26.3. The third kappa shape index (κ3) is 15.8. The molecule has 21 heteroatoms. The van der Waals surface area contributed by atoms with Gasteiger partial charge in [0.1, 0.15) is 54.4 Å². The number of benzene rings is 1. The van der Waals surface area contributed by atoms with Gasteiger partial charge < -0.3 is 73.2 Å². The predicted molar refractivity (Wildman–Crippen MR) is 304 cm³/mol. The summed E-state index contributed by atoms with van der Waals surface area (Å²) in [5, 5.41) is 68.9. The van der Waals surface area contributed by atoms with Gasteiger partial charge >= 0.3 is 11.9 Å². The molecule has 22 atom stereocenters. The summed E-state index contributed by atoms with van der Waals surface area (Å²) in [5.74, 6) is -3.29. The van der Waals surface area contributed by atoms with Gasteiger partial charge in [-0.15, -0.1) is 5.10 Å². The molecule has 4 aliphatic rings. The van der Waals surface area contributed by atoms with E-state index >= 15 is 4.39 Å². The molecule has 468 valence electrons. The van der Waals surface area contributed by atoms with Crippen molar-refractivity contribution < 1.29 is 77.4 Å². The van der Waals surface area contributed by atoms with E-state index in [1.165, 1.54) is 25.8 Å². The highest BCUT2D eigenvalue weighted by atomic mass is 19.1. The molecule has 1 aromatic carbocycles. The summed E-state index contributed by atoms with van der Waals surface area (Å²) >= 11 is 0. The van der Waals surface area contributed by atoms with E-state index in [4.69, 9.17) is 37.9 Å². The van der Waals surface area contributed by atoms with Crippen molar-refractivity contribution in [1.82, 2.24) is 24.8 Å². The van der Waals surface area contributed by atoms with Crippen molar-refractivity contribution in [3.8, 4) is 0 Å². The van der Waals surface area contributed by atoms with Crippen molar-refractivity contribution in [1.29, 1.82) is 0 Å². The normalized spacial score (nSPS) is 39.5. The number of esters is 2. The van der Waals surface area contributed by atoms with Crippen molar-refractivity contribution in [3.63, 3.8) is 0 Å². The number of rotatable bonds is 17. The molecule has 1 saturated carbocycles. The summed E-state index contributed by atoms with van der Waals surface area (Å²) in [6, 6.07) is 5.89. The van der Waals surface area contributed by atoms with Gasteiger partial charge in [0, 0.05) is 64.3 Å². The number of methoxy groups -OCH3 is 2. The quantitative estimate of drug-likeness (QED) is 0.110. The van der Waals surface area contributed by atoms with E-state index in [2.05, 4.69) is 10.3 Å². The monoisotopic (exact) mass is 1160 g/mol. The highest BCUT2D eigenvalue weighted by Crippen LogP contribution is 2.43. The Morgan fingerprint density at radius 2 is 1.63 bits per heavy atom. The highest BCUT2D eigenvalue weighted by Gasteiger charge is 2.53. The molecule has 0 amide bonds. The molecule has 3 aliphatic heterocycles. The molecule has 20 nitrogen and oxygen atoms in total. The topological polar surface area (TPSA) is 246 Å². The number of ether oxygens (including phenoxy) is 8. The second kappa shape index (κ2) is 28.0. The minimum atomic E-state index is -1.86. The van der Waals surface area contributed by atoms with Gasteiger partial charge in [0.15, 0.2) is 12.6 Å². The molecule has 6 rings (SSSR count). The molecule has 4 heterocycles. The molecule has 5 N–H and O–H groups in total. The Kier molecular flexibility index (Phi) is 23.2. The lowest BCUT2D eigenvalue weighted by atomic mass is 9.77. The Morgan fingerprint density at radius 3 is 2.24 bits per heavy atom. The number of hydrogen-bond acceptors (Lipinski definition) is 19. The van der Waals surface area contributed by atoms with Crippen LogP contribution in [0.4, 0.5) is 4.39 Å². The van der Waals surface area contributed by atoms with Crippen LogP contribution in [0.2, 0.25) is 0 Å². The standard InChI is InChI=1S/C61H102FN5O15/c1-18-47-61(13,74)52(69)38(6)66(15)32-34(2)29-59(11,73)54(36(4)50(37(5)55(71)79-47)80-48-30-60(12,76-17)53(70)39(7)78-48)81-57-49(68)45(28-35(3)77-57)65(14)27-26-42-33-67(64-63-42)46(31-62)51(75-16)41-24-22-40(23-25-41)43-20-19-21-44(43)56(72)82-58(8,9)10/h22-25,33-39,43-54,57,68-70,73-74H,18-21,26-32H2,1-17H3/t34-,35-,36+,37-,38-,39+,43-,44?,45+,46-,47-,48+,49-,50+,51-,52-,53+,54-,57+,59-,60-,61-/m1/s1. The zero-order valence-corrected chi connectivity index (χ0v) is 52.1. The fraction of sp³-hybridized carbons (Fsp3) is 0.836. The first-order chi connectivity index (χ1) is 38.3. The maximum absolute atomic E-state index is 15.1. The highest BCUT2D eigenvalue weighted by molar-refractivity contribution is 5.75. The number of carbonyl (C=O) groups excluding carboxylic acids is 2. The summed E-state index contributed by atoms with van der Waals surface area (Å²) < 4.78 is 66.7. The Balaban J connectivity index is 1.22. The Labute approximate surface area is 486 Å².